The van der Waals surface area contributed by atoms with Gasteiger partial charge in [-0.2, -0.15) is 10.1 Å². The average molecular weight is 380 g/mol. The number of guanidine groups is 1. The second kappa shape index (κ2) is 8.35. The molecule has 1 aliphatic rings. The largest absolute Gasteiger partial charge is 0.324 e. The van der Waals surface area contributed by atoms with Gasteiger partial charge < -0.3 is 5.32 Å². The molecule has 0 aliphatic carbocycles. The molecule has 0 aromatic heterocycles. The molecule has 0 spiro atoms. The molecular weight excluding hydrogens is 360 g/mol. The number of aliphatic imine (C=N–C) groups is 1. The van der Waals surface area contributed by atoms with Gasteiger partial charge in [0.05, 0.1) is 6.21 Å². The first kappa shape index (κ1) is 18.4. The van der Waals surface area contributed by atoms with Crippen LogP contribution < -0.4 is 5.32 Å². The fraction of sp³-hybridized carbons (Fsp3) is 0.0417. The Hall–Kier alpha value is -3.99. The highest BCUT2D eigenvalue weighted by atomic mass is 16.2. The molecule has 29 heavy (non-hydrogen) atoms. The van der Waals surface area contributed by atoms with Gasteiger partial charge in [0.2, 0.25) is 5.96 Å². The molecule has 3 aromatic carbocycles. The van der Waals surface area contributed by atoms with Gasteiger partial charge in [-0.25, -0.2) is 4.99 Å². The van der Waals surface area contributed by atoms with Gasteiger partial charge >= 0.3 is 0 Å². The molecule has 1 N–H and O–H groups in total. The molecule has 0 bridgehead atoms. The minimum absolute atomic E-state index is 0.282. The molecule has 0 saturated carbocycles. The lowest BCUT2D eigenvalue weighted by Gasteiger charge is -2.13. The Morgan fingerprint density at radius 2 is 1.48 bits per heavy atom. The molecule has 1 amide bonds. The average Bonchev–Trinajstić information content (AvgIpc) is 3.04. The fourth-order valence-corrected chi connectivity index (χ4v) is 2.83. The standard InChI is InChI=1S/C24H20N4O/c1-18-12-14-21(15-13-18)26-24-27-22(16-19-8-4-2-5-9-19)23(29)28(24)25-17-20-10-6-3-7-11-20/h2-17H,1H3,(H,26,27)/b22-16+,25-17+. The van der Waals surface area contributed by atoms with E-state index in [1.165, 1.54) is 5.01 Å². The van der Waals surface area contributed by atoms with Crippen molar-refractivity contribution in [3.63, 3.8) is 0 Å². The first-order valence-electron chi connectivity index (χ1n) is 9.32. The molecule has 142 valence electrons. The number of carbonyl (C=O) groups is 1. The van der Waals surface area contributed by atoms with E-state index in [2.05, 4.69) is 15.4 Å². The Kier molecular flexibility index (Phi) is 5.29. The number of rotatable bonds is 4. The highest BCUT2D eigenvalue weighted by Gasteiger charge is 2.30. The maximum Gasteiger partial charge on any atom is 0.300 e. The zero-order chi connectivity index (χ0) is 20.1. The number of hydrogen-bond donors (Lipinski definition) is 1. The summed E-state index contributed by atoms with van der Waals surface area (Å²) in [4.78, 5) is 17.5. The SMILES string of the molecule is Cc1ccc(NC2=N/C(=C/c3ccccc3)C(=O)N2/N=C/c2ccccc2)cc1. The van der Waals surface area contributed by atoms with Gasteiger partial charge in [0.1, 0.15) is 5.70 Å². The highest BCUT2D eigenvalue weighted by molar-refractivity contribution is 6.17. The van der Waals surface area contributed by atoms with Crippen molar-refractivity contribution in [1.82, 2.24) is 5.01 Å². The van der Waals surface area contributed by atoms with Gasteiger partial charge in [-0.05, 0) is 36.3 Å². The number of hydrogen-bond acceptors (Lipinski definition) is 4. The van der Waals surface area contributed by atoms with Crippen LogP contribution in [0.3, 0.4) is 0 Å². The van der Waals surface area contributed by atoms with Crippen LogP contribution in [0.15, 0.2) is 101 Å². The van der Waals surface area contributed by atoms with E-state index >= 15 is 0 Å². The van der Waals surface area contributed by atoms with Crippen molar-refractivity contribution < 1.29 is 4.79 Å². The normalized spacial score (nSPS) is 15.2. The number of benzene rings is 3. The number of nitrogens with one attached hydrogen (secondary N) is 1. The minimum Gasteiger partial charge on any atom is -0.324 e. The molecule has 1 heterocycles. The van der Waals surface area contributed by atoms with Crippen LogP contribution in [0.5, 0.6) is 0 Å². The summed E-state index contributed by atoms with van der Waals surface area (Å²) in [6.45, 7) is 2.03. The van der Waals surface area contributed by atoms with E-state index in [0.29, 0.717) is 11.7 Å². The summed E-state index contributed by atoms with van der Waals surface area (Å²) in [5.74, 6) is 0.0869. The maximum atomic E-state index is 13.0. The van der Waals surface area contributed by atoms with Gasteiger partial charge in [-0.1, -0.05) is 78.4 Å². The van der Waals surface area contributed by atoms with Gasteiger partial charge in [-0.3, -0.25) is 4.79 Å². The monoisotopic (exact) mass is 380 g/mol. The summed E-state index contributed by atoms with van der Waals surface area (Å²) >= 11 is 0. The Labute approximate surface area is 169 Å². The Morgan fingerprint density at radius 1 is 0.862 bits per heavy atom. The zero-order valence-electron chi connectivity index (χ0n) is 16.0. The summed E-state index contributed by atoms with van der Waals surface area (Å²) in [5.41, 5.74) is 4.13. The van der Waals surface area contributed by atoms with Crippen molar-refractivity contribution in [2.45, 2.75) is 6.92 Å². The Bertz CT molecular complexity index is 1080. The fourth-order valence-electron chi connectivity index (χ4n) is 2.83. The van der Waals surface area contributed by atoms with Crippen LogP contribution >= 0.6 is 0 Å². The van der Waals surface area contributed by atoms with Crippen LogP contribution in [0.2, 0.25) is 0 Å². The number of hydrazone groups is 1. The predicted octanol–water partition coefficient (Wildman–Crippen LogP) is 4.68. The lowest BCUT2D eigenvalue weighted by atomic mass is 10.2. The predicted molar refractivity (Wildman–Crippen MR) is 118 cm³/mol. The van der Waals surface area contributed by atoms with E-state index < -0.39 is 0 Å². The lowest BCUT2D eigenvalue weighted by Crippen LogP contribution is -2.32. The minimum atomic E-state index is -0.282. The summed E-state index contributed by atoms with van der Waals surface area (Å²) < 4.78 is 0. The number of carbonyl (C=O) groups excluding carboxylic acids is 1. The third-order valence-electron chi connectivity index (χ3n) is 4.37. The van der Waals surface area contributed by atoms with Crippen molar-refractivity contribution >= 4 is 29.8 Å². The second-order valence-corrected chi connectivity index (χ2v) is 6.64. The Balaban J connectivity index is 1.66. The Morgan fingerprint density at radius 3 is 2.14 bits per heavy atom. The third kappa shape index (κ3) is 4.47. The van der Waals surface area contributed by atoms with E-state index in [4.69, 9.17) is 0 Å². The number of aryl methyl sites for hydroxylation is 1. The molecular formula is C24H20N4O. The first-order chi connectivity index (χ1) is 14.2. The van der Waals surface area contributed by atoms with E-state index in [9.17, 15) is 4.79 Å². The molecule has 0 fully saturated rings. The summed E-state index contributed by atoms with van der Waals surface area (Å²) in [7, 11) is 0. The molecule has 0 atom stereocenters. The molecule has 0 saturated heterocycles. The van der Waals surface area contributed by atoms with Crippen molar-refractivity contribution in [3.8, 4) is 0 Å². The quantitative estimate of drug-likeness (QED) is 0.528. The summed E-state index contributed by atoms with van der Waals surface area (Å²) in [6.07, 6.45) is 3.41. The van der Waals surface area contributed by atoms with E-state index in [1.54, 1.807) is 12.3 Å². The van der Waals surface area contributed by atoms with E-state index in [1.807, 2.05) is 91.9 Å². The summed E-state index contributed by atoms with van der Waals surface area (Å²) in [5, 5.41) is 8.88. The van der Waals surface area contributed by atoms with Crippen molar-refractivity contribution in [2.75, 3.05) is 5.32 Å². The van der Waals surface area contributed by atoms with Crippen LogP contribution in [0, 0.1) is 6.92 Å². The van der Waals surface area contributed by atoms with Gasteiger partial charge in [0.25, 0.3) is 5.91 Å². The zero-order valence-corrected chi connectivity index (χ0v) is 16.0. The molecule has 3 aromatic rings. The van der Waals surface area contributed by atoms with Crippen LogP contribution in [-0.4, -0.2) is 23.1 Å². The highest BCUT2D eigenvalue weighted by Crippen LogP contribution is 2.20. The molecule has 4 rings (SSSR count). The van der Waals surface area contributed by atoms with Crippen LogP contribution in [-0.2, 0) is 4.79 Å². The third-order valence-corrected chi connectivity index (χ3v) is 4.37. The topological polar surface area (TPSA) is 57.1 Å². The maximum absolute atomic E-state index is 13.0. The van der Waals surface area contributed by atoms with Crippen LogP contribution in [0.1, 0.15) is 16.7 Å². The van der Waals surface area contributed by atoms with E-state index in [0.717, 1.165) is 22.4 Å². The molecule has 0 unspecified atom stereocenters. The molecule has 5 heteroatoms. The lowest BCUT2D eigenvalue weighted by molar-refractivity contribution is -0.122. The van der Waals surface area contributed by atoms with Gasteiger partial charge in [0, 0.05) is 5.69 Å². The van der Waals surface area contributed by atoms with Gasteiger partial charge in [0.15, 0.2) is 0 Å². The van der Waals surface area contributed by atoms with E-state index in [-0.39, 0.29) is 5.91 Å². The van der Waals surface area contributed by atoms with Gasteiger partial charge in [-0.15, -0.1) is 0 Å². The van der Waals surface area contributed by atoms with Crippen molar-refractivity contribution in [3.05, 3.63) is 107 Å². The van der Waals surface area contributed by atoms with Crippen molar-refractivity contribution in [2.24, 2.45) is 10.1 Å². The smallest absolute Gasteiger partial charge is 0.300 e. The summed E-state index contributed by atoms with van der Waals surface area (Å²) in [6, 6.07) is 27.2. The van der Waals surface area contributed by atoms with Crippen LogP contribution in [0.4, 0.5) is 5.69 Å². The molecule has 1 aliphatic heterocycles. The van der Waals surface area contributed by atoms with Crippen LogP contribution in [0.25, 0.3) is 6.08 Å². The molecule has 5 nitrogen and oxygen atoms in total. The number of nitrogens with zero attached hydrogens (tertiary/aromatic N) is 3. The number of anilines is 1. The number of amides is 1. The second-order valence-electron chi connectivity index (χ2n) is 6.64. The molecule has 0 radical (unpaired) electrons. The first-order valence-corrected chi connectivity index (χ1v) is 9.32. The van der Waals surface area contributed by atoms with Crippen molar-refractivity contribution in [1.29, 1.82) is 0 Å².